The summed E-state index contributed by atoms with van der Waals surface area (Å²) in [6.45, 7) is 0.611. The molecule has 1 aliphatic carbocycles. The predicted molar refractivity (Wildman–Crippen MR) is 51.4 cm³/mol. The van der Waals surface area contributed by atoms with E-state index in [0.29, 0.717) is 12.5 Å². The normalized spacial score (nSPS) is 19.1. The van der Waals surface area contributed by atoms with Crippen molar-refractivity contribution in [3.63, 3.8) is 0 Å². The van der Waals surface area contributed by atoms with Gasteiger partial charge >= 0.3 is 5.97 Å². The number of carbonyl (C=O) groups excluding carboxylic acids is 1. The van der Waals surface area contributed by atoms with Crippen LogP contribution in [0.3, 0.4) is 0 Å². The zero-order valence-corrected chi connectivity index (χ0v) is 8.19. The van der Waals surface area contributed by atoms with Gasteiger partial charge in [-0.1, -0.05) is 19.3 Å². The van der Waals surface area contributed by atoms with Crippen LogP contribution in [0.2, 0.25) is 0 Å². The van der Waals surface area contributed by atoms with Crippen molar-refractivity contribution < 1.29 is 9.53 Å². The molecule has 3 heteroatoms. The lowest BCUT2D eigenvalue weighted by atomic mass is 9.90. The van der Waals surface area contributed by atoms with Crippen molar-refractivity contribution in [1.29, 1.82) is 0 Å². The lowest BCUT2D eigenvalue weighted by molar-refractivity contribution is -0.142. The Bertz CT molecular complexity index is 141. The minimum absolute atomic E-state index is 0.191. The molecule has 0 spiro atoms. The van der Waals surface area contributed by atoms with Crippen molar-refractivity contribution in [2.75, 3.05) is 12.4 Å². The summed E-state index contributed by atoms with van der Waals surface area (Å²) < 4.78 is 5.02. The first-order valence-electron chi connectivity index (χ1n) is 4.59. The molecule has 0 aliphatic heterocycles. The maximum atomic E-state index is 10.8. The second-order valence-corrected chi connectivity index (χ2v) is 3.66. The molecule has 0 radical (unpaired) electrons. The minimum atomic E-state index is -0.191. The van der Waals surface area contributed by atoms with Gasteiger partial charge in [-0.3, -0.25) is 4.79 Å². The Hall–Kier alpha value is -0.180. The lowest BCUT2D eigenvalue weighted by Gasteiger charge is -2.20. The molecule has 1 saturated carbocycles. The SMILES string of the molecule is O=C(CS)OCC1CCCCC1. The number of hydrogen-bond donors (Lipinski definition) is 1. The molecule has 1 aliphatic rings. The Balaban J connectivity index is 2.09. The number of rotatable bonds is 3. The summed E-state index contributed by atoms with van der Waals surface area (Å²) in [6, 6.07) is 0. The highest BCUT2D eigenvalue weighted by atomic mass is 32.1. The number of carbonyl (C=O) groups is 1. The van der Waals surface area contributed by atoms with E-state index in [9.17, 15) is 4.79 Å². The summed E-state index contributed by atoms with van der Waals surface area (Å²) in [5.41, 5.74) is 0. The van der Waals surface area contributed by atoms with Gasteiger partial charge in [0, 0.05) is 0 Å². The standard InChI is InChI=1S/C9H16O2S/c10-9(7-12)11-6-8-4-2-1-3-5-8/h8,12H,1-7H2. The van der Waals surface area contributed by atoms with Crippen LogP contribution in [-0.4, -0.2) is 18.3 Å². The summed E-state index contributed by atoms with van der Waals surface area (Å²) in [4.78, 5) is 10.8. The van der Waals surface area contributed by atoms with E-state index < -0.39 is 0 Å². The van der Waals surface area contributed by atoms with E-state index in [2.05, 4.69) is 12.6 Å². The molecule has 0 heterocycles. The average molecular weight is 188 g/mol. The van der Waals surface area contributed by atoms with Crippen LogP contribution in [0, 0.1) is 5.92 Å². The van der Waals surface area contributed by atoms with Crippen LogP contribution in [0.1, 0.15) is 32.1 Å². The first-order chi connectivity index (χ1) is 5.83. The molecule has 1 rings (SSSR count). The zero-order valence-electron chi connectivity index (χ0n) is 7.29. The molecule has 0 aromatic heterocycles. The third kappa shape index (κ3) is 3.48. The summed E-state index contributed by atoms with van der Waals surface area (Å²) in [5.74, 6) is 0.624. The quantitative estimate of drug-likeness (QED) is 0.542. The summed E-state index contributed by atoms with van der Waals surface area (Å²) in [5, 5.41) is 0. The van der Waals surface area contributed by atoms with Gasteiger partial charge in [0.1, 0.15) is 0 Å². The Morgan fingerprint density at radius 2 is 2.00 bits per heavy atom. The van der Waals surface area contributed by atoms with Crippen LogP contribution in [0.15, 0.2) is 0 Å². The van der Waals surface area contributed by atoms with Crippen molar-refractivity contribution in [3.05, 3.63) is 0 Å². The van der Waals surface area contributed by atoms with Crippen molar-refractivity contribution in [2.24, 2.45) is 5.92 Å². The fourth-order valence-electron chi connectivity index (χ4n) is 1.61. The predicted octanol–water partition coefficient (Wildman–Crippen LogP) is 2.04. The van der Waals surface area contributed by atoms with Gasteiger partial charge in [-0.25, -0.2) is 0 Å². The molecule has 0 bridgehead atoms. The van der Waals surface area contributed by atoms with E-state index in [1.54, 1.807) is 0 Å². The third-order valence-electron chi connectivity index (χ3n) is 2.33. The Labute approximate surface area is 79.1 Å². The van der Waals surface area contributed by atoms with Crippen LogP contribution in [-0.2, 0) is 9.53 Å². The minimum Gasteiger partial charge on any atom is -0.465 e. The summed E-state index contributed by atoms with van der Waals surface area (Å²) in [7, 11) is 0. The molecule has 0 N–H and O–H groups in total. The fourth-order valence-corrected chi connectivity index (χ4v) is 1.70. The van der Waals surface area contributed by atoms with Crippen molar-refractivity contribution in [3.8, 4) is 0 Å². The van der Waals surface area contributed by atoms with Crippen LogP contribution < -0.4 is 0 Å². The molecule has 70 valence electrons. The summed E-state index contributed by atoms with van der Waals surface area (Å²) >= 11 is 3.84. The van der Waals surface area contributed by atoms with Crippen LogP contribution in [0.25, 0.3) is 0 Å². The van der Waals surface area contributed by atoms with Gasteiger partial charge in [-0.05, 0) is 18.8 Å². The second-order valence-electron chi connectivity index (χ2n) is 3.35. The van der Waals surface area contributed by atoms with E-state index in [-0.39, 0.29) is 11.7 Å². The van der Waals surface area contributed by atoms with E-state index in [1.165, 1.54) is 32.1 Å². The van der Waals surface area contributed by atoms with Crippen molar-refractivity contribution in [1.82, 2.24) is 0 Å². The molecular formula is C9H16O2S. The third-order valence-corrected chi connectivity index (χ3v) is 2.59. The Morgan fingerprint density at radius 1 is 1.33 bits per heavy atom. The van der Waals surface area contributed by atoms with Gasteiger partial charge in [0.15, 0.2) is 0 Å². The number of ether oxygens (including phenoxy) is 1. The second kappa shape index (κ2) is 5.46. The molecule has 0 atom stereocenters. The number of hydrogen-bond acceptors (Lipinski definition) is 3. The maximum absolute atomic E-state index is 10.8. The van der Waals surface area contributed by atoms with Crippen LogP contribution in [0.4, 0.5) is 0 Å². The molecule has 0 aromatic rings. The molecular weight excluding hydrogens is 172 g/mol. The van der Waals surface area contributed by atoms with Crippen molar-refractivity contribution >= 4 is 18.6 Å². The maximum Gasteiger partial charge on any atom is 0.315 e. The molecule has 0 unspecified atom stereocenters. The smallest absolute Gasteiger partial charge is 0.315 e. The average Bonchev–Trinajstić information content (AvgIpc) is 2.16. The first kappa shape index (κ1) is 9.90. The van der Waals surface area contributed by atoms with Crippen molar-refractivity contribution in [2.45, 2.75) is 32.1 Å². The Kier molecular flexibility index (Phi) is 4.51. The van der Waals surface area contributed by atoms with Gasteiger partial charge in [-0.15, -0.1) is 0 Å². The fraction of sp³-hybridized carbons (Fsp3) is 0.889. The van der Waals surface area contributed by atoms with Gasteiger partial charge in [0.05, 0.1) is 12.4 Å². The molecule has 0 amide bonds. The molecule has 0 saturated heterocycles. The largest absolute Gasteiger partial charge is 0.465 e. The molecule has 2 nitrogen and oxygen atoms in total. The van der Waals surface area contributed by atoms with Gasteiger partial charge in [0.2, 0.25) is 0 Å². The monoisotopic (exact) mass is 188 g/mol. The number of thiol groups is 1. The first-order valence-corrected chi connectivity index (χ1v) is 5.22. The topological polar surface area (TPSA) is 26.3 Å². The zero-order chi connectivity index (χ0) is 8.81. The van der Waals surface area contributed by atoms with Crippen LogP contribution >= 0.6 is 12.6 Å². The number of esters is 1. The summed E-state index contributed by atoms with van der Waals surface area (Å²) in [6.07, 6.45) is 6.38. The van der Waals surface area contributed by atoms with E-state index in [1.807, 2.05) is 0 Å². The van der Waals surface area contributed by atoms with E-state index in [4.69, 9.17) is 4.74 Å². The highest BCUT2D eigenvalue weighted by Gasteiger charge is 2.14. The highest BCUT2D eigenvalue weighted by Crippen LogP contribution is 2.23. The van der Waals surface area contributed by atoms with Crippen LogP contribution in [0.5, 0.6) is 0 Å². The molecule has 0 aromatic carbocycles. The Morgan fingerprint density at radius 3 is 2.58 bits per heavy atom. The van der Waals surface area contributed by atoms with Gasteiger partial charge in [-0.2, -0.15) is 12.6 Å². The lowest BCUT2D eigenvalue weighted by Crippen LogP contribution is -2.17. The van der Waals surface area contributed by atoms with Gasteiger partial charge in [0.25, 0.3) is 0 Å². The molecule has 12 heavy (non-hydrogen) atoms. The highest BCUT2D eigenvalue weighted by molar-refractivity contribution is 7.81. The molecule has 1 fully saturated rings. The van der Waals surface area contributed by atoms with E-state index in [0.717, 1.165) is 0 Å². The van der Waals surface area contributed by atoms with E-state index >= 15 is 0 Å². The van der Waals surface area contributed by atoms with Gasteiger partial charge < -0.3 is 4.74 Å².